The standard InChI is InChI=1S/C16H10BrN/c17-15-11-6-2-1-5-10(11)9-13-12-7-3-4-8-14(12)18-16(13)15/h1-9,18H. The molecule has 0 spiro atoms. The van der Waals surface area contributed by atoms with Crippen LogP contribution in [-0.2, 0) is 0 Å². The number of aromatic nitrogens is 1. The fraction of sp³-hybridized carbons (Fsp3) is 0. The maximum atomic E-state index is 3.73. The molecule has 0 radical (unpaired) electrons. The zero-order chi connectivity index (χ0) is 12.1. The smallest absolute Gasteiger partial charge is 0.0615 e. The molecule has 0 saturated heterocycles. The summed E-state index contributed by atoms with van der Waals surface area (Å²) >= 11 is 3.73. The molecular formula is C16H10BrN. The van der Waals surface area contributed by atoms with E-state index >= 15 is 0 Å². The number of halogens is 1. The monoisotopic (exact) mass is 295 g/mol. The fourth-order valence-electron chi connectivity index (χ4n) is 2.60. The molecule has 0 unspecified atom stereocenters. The van der Waals surface area contributed by atoms with Crippen LogP contribution >= 0.6 is 15.9 Å². The van der Waals surface area contributed by atoms with Gasteiger partial charge in [-0.25, -0.2) is 0 Å². The minimum atomic E-state index is 1.15. The summed E-state index contributed by atoms with van der Waals surface area (Å²) in [4.78, 5) is 3.49. The van der Waals surface area contributed by atoms with Gasteiger partial charge in [-0.15, -0.1) is 0 Å². The molecule has 0 aliphatic carbocycles. The van der Waals surface area contributed by atoms with Gasteiger partial charge >= 0.3 is 0 Å². The first-order chi connectivity index (χ1) is 8.84. The molecule has 0 aliphatic rings. The number of rotatable bonds is 0. The lowest BCUT2D eigenvalue weighted by Gasteiger charge is -2.02. The van der Waals surface area contributed by atoms with Gasteiger partial charge in [-0.3, -0.25) is 0 Å². The second-order valence-corrected chi connectivity index (χ2v) is 5.30. The molecule has 1 aromatic heterocycles. The highest BCUT2D eigenvalue weighted by Crippen LogP contribution is 2.36. The van der Waals surface area contributed by atoms with Crippen LogP contribution in [0.3, 0.4) is 0 Å². The van der Waals surface area contributed by atoms with Crippen molar-refractivity contribution in [3.8, 4) is 0 Å². The Morgan fingerprint density at radius 2 is 1.50 bits per heavy atom. The Labute approximate surface area is 113 Å². The molecule has 0 bridgehead atoms. The van der Waals surface area contributed by atoms with E-state index in [1.54, 1.807) is 0 Å². The first-order valence-corrected chi connectivity index (χ1v) is 6.71. The largest absolute Gasteiger partial charge is 0.354 e. The van der Waals surface area contributed by atoms with E-state index in [0.717, 1.165) is 4.47 Å². The molecule has 0 saturated carbocycles. The number of hydrogen-bond acceptors (Lipinski definition) is 0. The Hall–Kier alpha value is -1.80. The van der Waals surface area contributed by atoms with Crippen LogP contribution < -0.4 is 0 Å². The summed E-state index contributed by atoms with van der Waals surface area (Å²) < 4.78 is 1.15. The van der Waals surface area contributed by atoms with E-state index in [1.807, 2.05) is 0 Å². The van der Waals surface area contributed by atoms with E-state index in [4.69, 9.17) is 0 Å². The van der Waals surface area contributed by atoms with Gasteiger partial charge in [0.1, 0.15) is 0 Å². The number of fused-ring (bicyclic) bond motifs is 4. The lowest BCUT2D eigenvalue weighted by atomic mass is 10.1. The summed E-state index contributed by atoms with van der Waals surface area (Å²) in [7, 11) is 0. The van der Waals surface area contributed by atoms with Crippen LogP contribution in [0.25, 0.3) is 32.6 Å². The average Bonchev–Trinajstić information content (AvgIpc) is 2.79. The predicted octanol–water partition coefficient (Wildman–Crippen LogP) is 5.24. The second-order valence-electron chi connectivity index (χ2n) is 4.50. The summed E-state index contributed by atoms with van der Waals surface area (Å²) in [6.07, 6.45) is 0. The summed E-state index contributed by atoms with van der Waals surface area (Å²) in [5.41, 5.74) is 2.36. The third-order valence-electron chi connectivity index (χ3n) is 3.46. The third kappa shape index (κ3) is 1.27. The molecule has 3 aromatic carbocycles. The van der Waals surface area contributed by atoms with Gasteiger partial charge in [-0.2, -0.15) is 0 Å². The first-order valence-electron chi connectivity index (χ1n) is 5.92. The van der Waals surface area contributed by atoms with Crippen LogP contribution in [-0.4, -0.2) is 4.98 Å². The SMILES string of the molecule is Brc1c2ccccc2cc2c1[nH]c1ccccc12. The summed E-state index contributed by atoms with van der Waals surface area (Å²) in [5, 5.41) is 5.06. The summed E-state index contributed by atoms with van der Waals surface area (Å²) in [6.45, 7) is 0. The van der Waals surface area contributed by atoms with Gasteiger partial charge in [0.05, 0.1) is 5.52 Å². The van der Waals surface area contributed by atoms with Crippen molar-refractivity contribution in [2.45, 2.75) is 0 Å². The van der Waals surface area contributed by atoms with Gasteiger partial charge in [0, 0.05) is 20.8 Å². The van der Waals surface area contributed by atoms with E-state index in [-0.39, 0.29) is 0 Å². The molecule has 1 N–H and O–H groups in total. The predicted molar refractivity (Wildman–Crippen MR) is 81.0 cm³/mol. The lowest BCUT2D eigenvalue weighted by Crippen LogP contribution is -1.77. The van der Waals surface area contributed by atoms with E-state index in [1.165, 1.54) is 32.6 Å². The van der Waals surface area contributed by atoms with Gasteiger partial charge in [0.2, 0.25) is 0 Å². The number of para-hydroxylation sites is 1. The molecule has 0 aliphatic heterocycles. The van der Waals surface area contributed by atoms with Gasteiger partial charge < -0.3 is 4.98 Å². The van der Waals surface area contributed by atoms with Crippen molar-refractivity contribution in [2.75, 3.05) is 0 Å². The quantitative estimate of drug-likeness (QED) is 0.457. The molecule has 0 atom stereocenters. The zero-order valence-corrected chi connectivity index (χ0v) is 11.2. The molecule has 4 rings (SSSR count). The molecule has 1 nitrogen and oxygen atoms in total. The second kappa shape index (κ2) is 3.59. The van der Waals surface area contributed by atoms with E-state index in [2.05, 4.69) is 75.5 Å². The highest BCUT2D eigenvalue weighted by atomic mass is 79.9. The van der Waals surface area contributed by atoms with Crippen molar-refractivity contribution in [1.29, 1.82) is 0 Å². The fourth-order valence-corrected chi connectivity index (χ4v) is 3.27. The Morgan fingerprint density at radius 1 is 0.778 bits per heavy atom. The average molecular weight is 296 g/mol. The summed E-state index contributed by atoms with van der Waals surface area (Å²) in [6, 6.07) is 19.1. The molecule has 18 heavy (non-hydrogen) atoms. The van der Waals surface area contributed by atoms with Crippen molar-refractivity contribution in [1.82, 2.24) is 4.98 Å². The topological polar surface area (TPSA) is 15.8 Å². The lowest BCUT2D eigenvalue weighted by molar-refractivity contribution is 1.54. The van der Waals surface area contributed by atoms with Crippen molar-refractivity contribution >= 4 is 48.5 Å². The molecule has 0 fully saturated rings. The minimum Gasteiger partial charge on any atom is -0.354 e. The van der Waals surface area contributed by atoms with E-state index < -0.39 is 0 Å². The van der Waals surface area contributed by atoms with Gasteiger partial charge in [-0.05, 0) is 38.8 Å². The number of aromatic amines is 1. The Morgan fingerprint density at radius 3 is 2.39 bits per heavy atom. The van der Waals surface area contributed by atoms with Crippen LogP contribution in [0.5, 0.6) is 0 Å². The number of hydrogen-bond donors (Lipinski definition) is 1. The van der Waals surface area contributed by atoms with Crippen LogP contribution in [0.15, 0.2) is 59.1 Å². The summed E-state index contributed by atoms with van der Waals surface area (Å²) in [5.74, 6) is 0. The zero-order valence-electron chi connectivity index (χ0n) is 9.57. The molecular weight excluding hydrogens is 286 g/mol. The minimum absolute atomic E-state index is 1.15. The number of H-pyrrole nitrogens is 1. The van der Waals surface area contributed by atoms with E-state index in [0.29, 0.717) is 0 Å². The van der Waals surface area contributed by atoms with Gasteiger partial charge in [0.25, 0.3) is 0 Å². The third-order valence-corrected chi connectivity index (χ3v) is 4.29. The molecule has 2 heteroatoms. The van der Waals surface area contributed by atoms with Gasteiger partial charge in [-0.1, -0.05) is 42.5 Å². The molecule has 1 heterocycles. The maximum absolute atomic E-state index is 3.73. The van der Waals surface area contributed by atoms with Crippen LogP contribution in [0, 0.1) is 0 Å². The van der Waals surface area contributed by atoms with Crippen molar-refractivity contribution in [2.24, 2.45) is 0 Å². The normalized spacial score (nSPS) is 11.6. The number of nitrogens with one attached hydrogen (secondary N) is 1. The Bertz CT molecular complexity index is 889. The Kier molecular flexibility index (Phi) is 2.03. The van der Waals surface area contributed by atoms with Crippen molar-refractivity contribution in [3.05, 3.63) is 59.1 Å². The maximum Gasteiger partial charge on any atom is 0.0615 e. The Balaban J connectivity index is 2.33. The van der Waals surface area contributed by atoms with E-state index in [9.17, 15) is 0 Å². The van der Waals surface area contributed by atoms with Crippen LogP contribution in [0.4, 0.5) is 0 Å². The molecule has 0 amide bonds. The van der Waals surface area contributed by atoms with Crippen LogP contribution in [0.1, 0.15) is 0 Å². The van der Waals surface area contributed by atoms with Gasteiger partial charge in [0.15, 0.2) is 0 Å². The van der Waals surface area contributed by atoms with Crippen molar-refractivity contribution in [3.63, 3.8) is 0 Å². The molecule has 4 aromatic rings. The first kappa shape index (κ1) is 10.2. The number of benzene rings is 3. The van der Waals surface area contributed by atoms with Crippen LogP contribution in [0.2, 0.25) is 0 Å². The highest BCUT2D eigenvalue weighted by Gasteiger charge is 2.09. The highest BCUT2D eigenvalue weighted by molar-refractivity contribution is 9.10. The van der Waals surface area contributed by atoms with Crippen molar-refractivity contribution < 1.29 is 0 Å². The molecule has 86 valence electrons.